The molecule has 2 aromatic carbocycles. The molecule has 1 aliphatic heterocycles. The van der Waals surface area contributed by atoms with Crippen molar-refractivity contribution in [3.63, 3.8) is 0 Å². The Morgan fingerprint density at radius 1 is 1.24 bits per heavy atom. The molecule has 29 heavy (non-hydrogen) atoms. The van der Waals surface area contributed by atoms with Gasteiger partial charge in [-0.3, -0.25) is 9.59 Å². The molecule has 7 nitrogen and oxygen atoms in total. The number of amides is 2. The summed E-state index contributed by atoms with van der Waals surface area (Å²) >= 11 is 5.79. The number of benzene rings is 2. The summed E-state index contributed by atoms with van der Waals surface area (Å²) in [5.74, 6) is -1.64. The number of carbonyl (C=O) groups is 2. The summed E-state index contributed by atoms with van der Waals surface area (Å²) in [6, 6.07) is 10.7. The maximum Gasteiger partial charge on any atom is 0.264 e. The third-order valence-corrected chi connectivity index (χ3v) is 6.30. The molecule has 154 valence electrons. The first-order valence-corrected chi connectivity index (χ1v) is 10.5. The van der Waals surface area contributed by atoms with E-state index in [1.165, 1.54) is 24.0 Å². The zero-order chi connectivity index (χ0) is 21.2. The van der Waals surface area contributed by atoms with Crippen molar-refractivity contribution in [2.75, 3.05) is 13.2 Å². The number of halogens is 2. The van der Waals surface area contributed by atoms with Crippen molar-refractivity contribution in [3.05, 3.63) is 59.4 Å². The molecular formula is C19H18ClFN2O5S. The first kappa shape index (κ1) is 21.1. The fraction of sp³-hybridized carbons (Fsp3) is 0.263. The normalized spacial score (nSPS) is 18.7. The molecule has 0 aliphatic carbocycles. The monoisotopic (exact) mass is 440 g/mol. The molecule has 1 aliphatic rings. The number of hydrogen-bond acceptors (Lipinski definition) is 5. The quantitative estimate of drug-likeness (QED) is 0.744. The Kier molecular flexibility index (Phi) is 5.81. The highest BCUT2D eigenvalue weighted by Crippen LogP contribution is 2.31. The van der Waals surface area contributed by atoms with E-state index in [9.17, 15) is 22.4 Å². The molecule has 1 heterocycles. The van der Waals surface area contributed by atoms with Crippen molar-refractivity contribution in [2.45, 2.75) is 23.8 Å². The molecule has 0 bridgehead atoms. The summed E-state index contributed by atoms with van der Waals surface area (Å²) in [6.45, 7) is 1.43. The van der Waals surface area contributed by atoms with Crippen LogP contribution in [-0.4, -0.2) is 43.8 Å². The number of nitrogens with one attached hydrogen (secondary N) is 1. The molecule has 1 atom stereocenters. The smallest absolute Gasteiger partial charge is 0.264 e. The van der Waals surface area contributed by atoms with Crippen LogP contribution in [0.3, 0.4) is 0 Å². The molecule has 2 amide bonds. The first-order chi connectivity index (χ1) is 13.6. The highest BCUT2D eigenvalue weighted by molar-refractivity contribution is 7.90. The van der Waals surface area contributed by atoms with Gasteiger partial charge in [-0.05, 0) is 55.8 Å². The summed E-state index contributed by atoms with van der Waals surface area (Å²) in [6.07, 6.45) is 0.282. The van der Waals surface area contributed by atoms with Crippen LogP contribution in [0.15, 0.2) is 53.4 Å². The Balaban J connectivity index is 1.65. The first-order valence-electron chi connectivity index (χ1n) is 8.63. The van der Waals surface area contributed by atoms with E-state index >= 15 is 0 Å². The molecule has 0 aromatic heterocycles. The van der Waals surface area contributed by atoms with E-state index in [0.717, 1.165) is 12.1 Å². The van der Waals surface area contributed by atoms with Gasteiger partial charge >= 0.3 is 0 Å². The van der Waals surface area contributed by atoms with Crippen molar-refractivity contribution < 1.29 is 27.1 Å². The summed E-state index contributed by atoms with van der Waals surface area (Å²) < 4.78 is 45.3. The number of likely N-dealkylation sites (tertiary alicyclic amines) is 1. The van der Waals surface area contributed by atoms with E-state index < -0.39 is 33.2 Å². The maximum atomic E-state index is 13.3. The standard InChI is InChI=1S/C19H18ClFN2O5S/c1-19(18(25)22-29(26,27)16-4-2-3-14(21)11-16)9-10-23(19)17(24)12-28-15-7-5-13(20)6-8-15/h2-8,11H,9-10,12H2,1H3,(H,22,25). The van der Waals surface area contributed by atoms with E-state index in [4.69, 9.17) is 16.3 Å². The summed E-state index contributed by atoms with van der Waals surface area (Å²) in [7, 11) is -4.27. The summed E-state index contributed by atoms with van der Waals surface area (Å²) in [5, 5.41) is 0.523. The van der Waals surface area contributed by atoms with Crippen LogP contribution in [0.2, 0.25) is 5.02 Å². The average molecular weight is 441 g/mol. The lowest BCUT2D eigenvalue weighted by Crippen LogP contribution is -2.68. The van der Waals surface area contributed by atoms with Crippen LogP contribution in [0.5, 0.6) is 5.75 Å². The Morgan fingerprint density at radius 2 is 1.93 bits per heavy atom. The highest BCUT2D eigenvalue weighted by atomic mass is 35.5. The third kappa shape index (κ3) is 4.51. The second-order valence-corrected chi connectivity index (χ2v) is 8.82. The van der Waals surface area contributed by atoms with E-state index in [1.54, 1.807) is 24.3 Å². The van der Waals surface area contributed by atoms with E-state index in [2.05, 4.69) is 0 Å². The van der Waals surface area contributed by atoms with Gasteiger partial charge in [-0.25, -0.2) is 17.5 Å². The number of hydrogen-bond donors (Lipinski definition) is 1. The van der Waals surface area contributed by atoms with Gasteiger partial charge in [0.15, 0.2) is 6.61 Å². The molecule has 2 aromatic rings. The van der Waals surface area contributed by atoms with Crippen LogP contribution >= 0.6 is 11.6 Å². The van der Waals surface area contributed by atoms with Crippen LogP contribution in [0.25, 0.3) is 0 Å². The fourth-order valence-corrected chi connectivity index (χ4v) is 4.11. The highest BCUT2D eigenvalue weighted by Gasteiger charge is 2.50. The molecule has 0 radical (unpaired) electrons. The van der Waals surface area contributed by atoms with Gasteiger partial charge in [-0.1, -0.05) is 17.7 Å². The number of carbonyl (C=O) groups excluding carboxylic acids is 2. The van der Waals surface area contributed by atoms with E-state index in [1.807, 2.05) is 4.72 Å². The number of sulfonamides is 1. The third-order valence-electron chi connectivity index (χ3n) is 4.72. The number of rotatable bonds is 6. The van der Waals surface area contributed by atoms with Crippen LogP contribution in [-0.2, 0) is 19.6 Å². The van der Waals surface area contributed by atoms with Crippen molar-refractivity contribution in [2.24, 2.45) is 0 Å². The Labute approximate surface area is 172 Å². The van der Waals surface area contributed by atoms with Crippen LogP contribution in [0, 0.1) is 5.82 Å². The molecular weight excluding hydrogens is 423 g/mol. The lowest BCUT2D eigenvalue weighted by molar-refractivity contribution is -0.158. The molecule has 0 saturated carbocycles. The van der Waals surface area contributed by atoms with E-state index in [-0.39, 0.29) is 24.5 Å². The van der Waals surface area contributed by atoms with Gasteiger partial charge in [0.2, 0.25) is 0 Å². The Bertz CT molecular complexity index is 1040. The van der Waals surface area contributed by atoms with Crippen LogP contribution in [0.1, 0.15) is 13.3 Å². The fourth-order valence-electron chi connectivity index (χ4n) is 2.87. The van der Waals surface area contributed by atoms with Crippen molar-refractivity contribution in [3.8, 4) is 5.75 Å². The molecule has 1 N–H and O–H groups in total. The van der Waals surface area contributed by atoms with Gasteiger partial charge in [0.1, 0.15) is 17.1 Å². The summed E-state index contributed by atoms with van der Waals surface area (Å²) in [4.78, 5) is 25.9. The van der Waals surface area contributed by atoms with Crippen molar-refractivity contribution >= 4 is 33.4 Å². The zero-order valence-corrected chi connectivity index (χ0v) is 17.0. The van der Waals surface area contributed by atoms with Gasteiger partial charge in [-0.2, -0.15) is 0 Å². The largest absolute Gasteiger partial charge is 0.484 e. The average Bonchev–Trinajstić information content (AvgIpc) is 2.65. The predicted molar refractivity (Wildman–Crippen MR) is 103 cm³/mol. The minimum absolute atomic E-state index is 0.282. The number of ether oxygens (including phenoxy) is 1. The van der Waals surface area contributed by atoms with Gasteiger partial charge in [0.25, 0.3) is 21.8 Å². The molecule has 1 unspecified atom stereocenters. The lowest BCUT2D eigenvalue weighted by atomic mass is 9.86. The van der Waals surface area contributed by atoms with E-state index in [0.29, 0.717) is 10.8 Å². The van der Waals surface area contributed by atoms with Gasteiger partial charge in [0.05, 0.1) is 4.90 Å². The minimum atomic E-state index is -4.27. The van der Waals surface area contributed by atoms with Gasteiger partial charge in [0, 0.05) is 11.6 Å². The van der Waals surface area contributed by atoms with Crippen LogP contribution < -0.4 is 9.46 Å². The van der Waals surface area contributed by atoms with Crippen LogP contribution in [0.4, 0.5) is 4.39 Å². The summed E-state index contributed by atoms with van der Waals surface area (Å²) in [5.41, 5.74) is -1.35. The van der Waals surface area contributed by atoms with Crippen molar-refractivity contribution in [1.29, 1.82) is 0 Å². The Hall–Kier alpha value is -2.65. The molecule has 0 spiro atoms. The molecule has 3 rings (SSSR count). The zero-order valence-electron chi connectivity index (χ0n) is 15.4. The SMILES string of the molecule is CC1(C(=O)NS(=O)(=O)c2cccc(F)c2)CCN1C(=O)COc1ccc(Cl)cc1. The van der Waals surface area contributed by atoms with Crippen molar-refractivity contribution in [1.82, 2.24) is 9.62 Å². The second kappa shape index (κ2) is 8.00. The molecule has 1 fully saturated rings. The predicted octanol–water partition coefficient (Wildman–Crippen LogP) is 2.35. The minimum Gasteiger partial charge on any atom is -0.484 e. The van der Waals surface area contributed by atoms with Gasteiger partial charge in [-0.15, -0.1) is 0 Å². The second-order valence-electron chi connectivity index (χ2n) is 6.70. The topological polar surface area (TPSA) is 92.8 Å². The lowest BCUT2D eigenvalue weighted by Gasteiger charge is -2.48. The molecule has 1 saturated heterocycles. The maximum absolute atomic E-state index is 13.3. The number of nitrogens with zero attached hydrogens (tertiary/aromatic N) is 1. The molecule has 10 heteroatoms. The Morgan fingerprint density at radius 3 is 2.52 bits per heavy atom. The van der Waals surface area contributed by atoms with Gasteiger partial charge < -0.3 is 9.64 Å².